The zero-order chi connectivity index (χ0) is 20.8. The highest BCUT2D eigenvalue weighted by Crippen LogP contribution is 2.18. The number of nitrogens with zero attached hydrogens (tertiary/aromatic N) is 3. The number of hydrogen-bond acceptors (Lipinski definition) is 6. The van der Waals surface area contributed by atoms with Crippen LogP contribution in [-0.2, 0) is 9.53 Å². The Morgan fingerprint density at radius 1 is 1.24 bits per heavy atom. The Hall–Kier alpha value is -4.18. The summed E-state index contributed by atoms with van der Waals surface area (Å²) >= 11 is 0. The van der Waals surface area contributed by atoms with Crippen LogP contribution in [0.2, 0.25) is 0 Å². The van der Waals surface area contributed by atoms with Crippen molar-refractivity contribution in [2.24, 2.45) is 4.99 Å². The van der Waals surface area contributed by atoms with E-state index in [4.69, 9.17) is 4.74 Å². The fourth-order valence-electron chi connectivity index (χ4n) is 2.72. The van der Waals surface area contributed by atoms with Crippen molar-refractivity contribution in [2.75, 3.05) is 6.61 Å². The Bertz CT molecular complexity index is 1220. The lowest BCUT2D eigenvalue weighted by Gasteiger charge is -2.07. The Kier molecular flexibility index (Phi) is 5.85. The first kappa shape index (κ1) is 19.6. The molecule has 0 saturated heterocycles. The van der Waals surface area contributed by atoms with Crippen molar-refractivity contribution in [1.29, 1.82) is 5.26 Å². The first-order chi connectivity index (χ1) is 14.1. The number of aliphatic hydroxyl groups is 1. The lowest BCUT2D eigenvalue weighted by atomic mass is 10.1. The second-order valence-corrected chi connectivity index (χ2v) is 5.92. The van der Waals surface area contributed by atoms with Crippen molar-refractivity contribution >= 4 is 29.1 Å². The van der Waals surface area contributed by atoms with Gasteiger partial charge < -0.3 is 9.84 Å². The summed E-state index contributed by atoms with van der Waals surface area (Å²) in [7, 11) is 0. The smallest absolute Gasteiger partial charge is 0.343 e. The molecule has 0 spiro atoms. The van der Waals surface area contributed by atoms with E-state index >= 15 is 0 Å². The van der Waals surface area contributed by atoms with E-state index in [1.54, 1.807) is 55.5 Å². The van der Waals surface area contributed by atoms with Crippen molar-refractivity contribution in [1.82, 2.24) is 4.40 Å². The molecule has 3 rings (SSSR count). The maximum Gasteiger partial charge on any atom is 0.343 e. The molecule has 3 aromatic rings. The zero-order valence-electron chi connectivity index (χ0n) is 15.6. The number of aliphatic imine (C=N–C) groups is 1. The summed E-state index contributed by atoms with van der Waals surface area (Å²) in [6.07, 6.45) is 2.61. The number of rotatable bonds is 5. The third-order valence-corrected chi connectivity index (χ3v) is 4.11. The zero-order valence-corrected chi connectivity index (χ0v) is 15.6. The predicted octanol–water partition coefficient (Wildman–Crippen LogP) is 3.41. The molecule has 0 aliphatic carbocycles. The second kappa shape index (κ2) is 8.67. The molecule has 0 fully saturated rings. The van der Waals surface area contributed by atoms with Crippen LogP contribution in [0.4, 0.5) is 5.69 Å². The van der Waals surface area contributed by atoms with Gasteiger partial charge in [-0.1, -0.05) is 36.4 Å². The fraction of sp³-hybridized carbons (Fsp3) is 0.0909. The Labute approximate surface area is 166 Å². The summed E-state index contributed by atoms with van der Waals surface area (Å²) < 4.78 is 6.30. The Balaban J connectivity index is 2.14. The Morgan fingerprint density at radius 2 is 1.97 bits per heavy atom. The molecular formula is C22H17N3O4. The third-order valence-electron chi connectivity index (χ3n) is 4.11. The standard InChI is InChI=1S/C22H17N3O4/c1-2-29-22(28)17(20(26)15-8-4-3-5-9-15)14-24-18-12-16(13-23)19-10-6-7-11-25(19)21(18)27/h3-12,14,26H,2H2,1H3/b20-17+,24-14?. The molecule has 2 aromatic heterocycles. The van der Waals surface area contributed by atoms with Crippen molar-refractivity contribution in [3.63, 3.8) is 0 Å². The quantitative estimate of drug-likeness (QED) is 0.313. The third kappa shape index (κ3) is 4.06. The van der Waals surface area contributed by atoms with Crippen LogP contribution in [0.15, 0.2) is 76.2 Å². The minimum Gasteiger partial charge on any atom is -0.506 e. The predicted molar refractivity (Wildman–Crippen MR) is 109 cm³/mol. The molecule has 144 valence electrons. The number of aliphatic hydroxyl groups excluding tert-OH is 1. The van der Waals surface area contributed by atoms with Crippen molar-refractivity contribution in [2.45, 2.75) is 6.92 Å². The molecule has 7 heteroatoms. The lowest BCUT2D eigenvalue weighted by molar-refractivity contribution is -0.137. The number of nitriles is 1. The van der Waals surface area contributed by atoms with Gasteiger partial charge in [0.25, 0.3) is 5.56 Å². The van der Waals surface area contributed by atoms with Gasteiger partial charge in [0, 0.05) is 18.0 Å². The first-order valence-electron chi connectivity index (χ1n) is 8.81. The van der Waals surface area contributed by atoms with E-state index in [1.165, 1.54) is 16.7 Å². The van der Waals surface area contributed by atoms with Gasteiger partial charge in [-0.05, 0) is 25.1 Å². The van der Waals surface area contributed by atoms with Crippen molar-refractivity contribution in [3.8, 4) is 6.07 Å². The minimum atomic E-state index is -0.779. The molecule has 0 atom stereocenters. The molecule has 2 heterocycles. The number of esters is 1. The first-order valence-corrected chi connectivity index (χ1v) is 8.81. The van der Waals surface area contributed by atoms with Crippen LogP contribution in [-0.4, -0.2) is 28.3 Å². The fourth-order valence-corrected chi connectivity index (χ4v) is 2.72. The second-order valence-electron chi connectivity index (χ2n) is 5.92. The summed E-state index contributed by atoms with van der Waals surface area (Å²) in [6.45, 7) is 1.75. The van der Waals surface area contributed by atoms with E-state index in [9.17, 15) is 20.0 Å². The van der Waals surface area contributed by atoms with Gasteiger partial charge >= 0.3 is 5.97 Å². The van der Waals surface area contributed by atoms with Gasteiger partial charge in [-0.3, -0.25) is 9.20 Å². The highest BCUT2D eigenvalue weighted by Gasteiger charge is 2.17. The molecule has 1 aromatic carbocycles. The van der Waals surface area contributed by atoms with Crippen molar-refractivity contribution < 1.29 is 14.6 Å². The topological polar surface area (TPSA) is 104 Å². The van der Waals surface area contributed by atoms with E-state index in [0.717, 1.165) is 6.21 Å². The number of carbonyl (C=O) groups is 1. The number of fused-ring (bicyclic) bond motifs is 1. The van der Waals surface area contributed by atoms with Crippen LogP contribution in [0, 0.1) is 11.3 Å². The van der Waals surface area contributed by atoms with Crippen LogP contribution < -0.4 is 5.56 Å². The van der Waals surface area contributed by atoms with E-state index in [-0.39, 0.29) is 29.2 Å². The van der Waals surface area contributed by atoms with E-state index in [2.05, 4.69) is 4.99 Å². The van der Waals surface area contributed by atoms with Crippen molar-refractivity contribution in [3.05, 3.63) is 87.8 Å². The molecule has 29 heavy (non-hydrogen) atoms. The Morgan fingerprint density at radius 3 is 2.66 bits per heavy atom. The summed E-state index contributed by atoms with van der Waals surface area (Å²) in [5.41, 5.74) is 0.397. The minimum absolute atomic E-state index is 0.0482. The molecule has 0 saturated carbocycles. The molecular weight excluding hydrogens is 370 g/mol. The van der Waals surface area contributed by atoms with Crippen LogP contribution in [0.25, 0.3) is 11.3 Å². The highest BCUT2D eigenvalue weighted by molar-refractivity contribution is 6.15. The number of benzene rings is 1. The monoisotopic (exact) mass is 387 g/mol. The van der Waals surface area contributed by atoms with Gasteiger partial charge in [-0.25, -0.2) is 9.79 Å². The number of pyridine rings is 2. The average Bonchev–Trinajstić information content (AvgIpc) is 2.76. The molecule has 7 nitrogen and oxygen atoms in total. The number of hydrogen-bond donors (Lipinski definition) is 1. The molecule has 0 aliphatic heterocycles. The molecule has 0 unspecified atom stereocenters. The highest BCUT2D eigenvalue weighted by atomic mass is 16.5. The van der Waals surface area contributed by atoms with Gasteiger partial charge in [-0.15, -0.1) is 0 Å². The van der Waals surface area contributed by atoms with Gasteiger partial charge in [0.1, 0.15) is 23.1 Å². The molecule has 0 aliphatic rings. The number of aromatic nitrogens is 1. The summed E-state index contributed by atoms with van der Waals surface area (Å²) in [5, 5.41) is 19.9. The van der Waals surface area contributed by atoms with Gasteiger partial charge in [-0.2, -0.15) is 5.26 Å². The van der Waals surface area contributed by atoms with Gasteiger partial charge in [0.15, 0.2) is 0 Å². The van der Waals surface area contributed by atoms with Gasteiger partial charge in [0.2, 0.25) is 0 Å². The van der Waals surface area contributed by atoms with Crippen LogP contribution >= 0.6 is 0 Å². The lowest BCUT2D eigenvalue weighted by Crippen LogP contribution is -2.15. The van der Waals surface area contributed by atoms with E-state index in [0.29, 0.717) is 11.1 Å². The molecule has 0 amide bonds. The van der Waals surface area contributed by atoms with Gasteiger partial charge in [0.05, 0.1) is 17.7 Å². The average molecular weight is 387 g/mol. The van der Waals surface area contributed by atoms with E-state index < -0.39 is 11.5 Å². The summed E-state index contributed by atoms with van der Waals surface area (Å²) in [5.74, 6) is -1.10. The van der Waals surface area contributed by atoms with Crippen LogP contribution in [0.5, 0.6) is 0 Å². The molecule has 1 N–H and O–H groups in total. The normalized spacial score (nSPS) is 11.9. The van der Waals surface area contributed by atoms with E-state index in [1.807, 2.05) is 6.07 Å². The molecule has 0 bridgehead atoms. The van der Waals surface area contributed by atoms with Crippen LogP contribution in [0.1, 0.15) is 18.1 Å². The maximum atomic E-state index is 12.7. The number of ether oxygens (including phenoxy) is 1. The summed E-state index contributed by atoms with van der Waals surface area (Å²) in [6, 6.07) is 16.8. The maximum absolute atomic E-state index is 12.7. The largest absolute Gasteiger partial charge is 0.506 e. The number of carbonyl (C=O) groups excluding carboxylic acids is 1. The van der Waals surface area contributed by atoms with Crippen LogP contribution in [0.3, 0.4) is 0 Å². The SMILES string of the molecule is CCOC(=O)/C(C=Nc1cc(C#N)c2ccccn2c1=O)=C(/O)c1ccccc1. The summed E-state index contributed by atoms with van der Waals surface area (Å²) in [4.78, 5) is 29.1. The molecule has 0 radical (unpaired) electrons.